The van der Waals surface area contributed by atoms with E-state index in [0.29, 0.717) is 15.6 Å². The van der Waals surface area contributed by atoms with E-state index in [0.717, 1.165) is 0 Å². The van der Waals surface area contributed by atoms with Crippen molar-refractivity contribution in [3.63, 3.8) is 0 Å². The summed E-state index contributed by atoms with van der Waals surface area (Å²) in [5.41, 5.74) is 6.95. The molecule has 0 aliphatic carbocycles. The van der Waals surface area contributed by atoms with E-state index in [4.69, 9.17) is 21.8 Å². The Kier molecular flexibility index (Phi) is 3.33. The predicted molar refractivity (Wildman–Crippen MR) is 63.8 cm³/mol. The van der Waals surface area contributed by atoms with Crippen LogP contribution in [0.15, 0.2) is 39.6 Å². The summed E-state index contributed by atoms with van der Waals surface area (Å²) in [5, 5.41) is 0.0384. The standard InChI is InChI=1S/C11H8BrClFNO/c12-8-2-1-7(10(14)9(8)13)11(15)6-3-4-16-5-6/h1-5,11H,15H2. The molecule has 0 radical (unpaired) electrons. The lowest BCUT2D eigenvalue weighted by Gasteiger charge is -2.12. The minimum absolute atomic E-state index is 0.0384. The number of rotatable bonds is 2. The third-order valence-electron chi connectivity index (χ3n) is 2.30. The predicted octanol–water partition coefficient (Wildman–Crippen LogP) is 3.88. The van der Waals surface area contributed by atoms with E-state index in [-0.39, 0.29) is 5.02 Å². The smallest absolute Gasteiger partial charge is 0.148 e. The quantitative estimate of drug-likeness (QED) is 0.855. The molecule has 2 N–H and O–H groups in total. The molecule has 0 aliphatic rings. The number of hydrogen-bond donors (Lipinski definition) is 1. The molecule has 1 atom stereocenters. The molecule has 5 heteroatoms. The van der Waals surface area contributed by atoms with E-state index in [2.05, 4.69) is 15.9 Å². The third kappa shape index (κ3) is 2.00. The van der Waals surface area contributed by atoms with Crippen LogP contribution in [0.1, 0.15) is 17.2 Å². The Balaban J connectivity index is 2.45. The topological polar surface area (TPSA) is 39.2 Å². The molecule has 84 valence electrons. The van der Waals surface area contributed by atoms with Gasteiger partial charge in [-0.3, -0.25) is 0 Å². The van der Waals surface area contributed by atoms with Crippen LogP contribution in [-0.4, -0.2) is 0 Å². The summed E-state index contributed by atoms with van der Waals surface area (Å²) >= 11 is 8.93. The normalized spacial score (nSPS) is 12.8. The van der Waals surface area contributed by atoms with Gasteiger partial charge < -0.3 is 10.2 Å². The second kappa shape index (κ2) is 4.57. The van der Waals surface area contributed by atoms with Gasteiger partial charge in [0.2, 0.25) is 0 Å². The van der Waals surface area contributed by atoms with Crippen molar-refractivity contribution < 1.29 is 8.81 Å². The van der Waals surface area contributed by atoms with E-state index in [1.165, 1.54) is 12.5 Å². The Hall–Kier alpha value is -0.840. The molecule has 1 aromatic heterocycles. The van der Waals surface area contributed by atoms with Crippen LogP contribution in [0, 0.1) is 5.82 Å². The van der Waals surface area contributed by atoms with Crippen molar-refractivity contribution in [1.29, 1.82) is 0 Å². The van der Waals surface area contributed by atoms with Crippen LogP contribution in [0.5, 0.6) is 0 Å². The van der Waals surface area contributed by atoms with E-state index in [1.54, 1.807) is 18.2 Å². The van der Waals surface area contributed by atoms with Gasteiger partial charge >= 0.3 is 0 Å². The fraction of sp³-hybridized carbons (Fsp3) is 0.0909. The van der Waals surface area contributed by atoms with Crippen LogP contribution in [0.3, 0.4) is 0 Å². The van der Waals surface area contributed by atoms with Gasteiger partial charge in [-0.15, -0.1) is 0 Å². The van der Waals surface area contributed by atoms with Crippen LogP contribution in [0.25, 0.3) is 0 Å². The summed E-state index contributed by atoms with van der Waals surface area (Å²) < 4.78 is 19.2. The number of halogens is 3. The van der Waals surface area contributed by atoms with E-state index >= 15 is 0 Å². The first kappa shape index (κ1) is 11.6. The first-order valence-corrected chi connectivity index (χ1v) is 5.69. The van der Waals surface area contributed by atoms with Gasteiger partial charge in [-0.05, 0) is 28.1 Å². The zero-order valence-electron chi connectivity index (χ0n) is 8.08. The van der Waals surface area contributed by atoms with E-state index < -0.39 is 11.9 Å². The molecule has 16 heavy (non-hydrogen) atoms. The number of benzene rings is 1. The number of nitrogens with two attached hydrogens (primary N) is 1. The molecule has 0 saturated carbocycles. The molecular weight excluding hydrogens is 296 g/mol. The SMILES string of the molecule is NC(c1ccoc1)c1ccc(Br)c(Cl)c1F. The molecule has 0 saturated heterocycles. The first-order chi connectivity index (χ1) is 7.61. The van der Waals surface area contributed by atoms with Crippen molar-refractivity contribution in [2.75, 3.05) is 0 Å². The largest absolute Gasteiger partial charge is 0.472 e. The van der Waals surface area contributed by atoms with Crippen LogP contribution in [0.4, 0.5) is 4.39 Å². The van der Waals surface area contributed by atoms with Crippen molar-refractivity contribution in [2.45, 2.75) is 6.04 Å². The maximum atomic E-state index is 13.8. The number of furan rings is 1. The van der Waals surface area contributed by atoms with Crippen LogP contribution in [0.2, 0.25) is 5.02 Å². The van der Waals surface area contributed by atoms with Crippen molar-refractivity contribution in [2.24, 2.45) is 5.73 Å². The van der Waals surface area contributed by atoms with E-state index in [1.807, 2.05) is 0 Å². The molecule has 1 unspecified atom stereocenters. The molecule has 2 aromatic rings. The number of hydrogen-bond acceptors (Lipinski definition) is 2. The highest BCUT2D eigenvalue weighted by molar-refractivity contribution is 9.10. The van der Waals surface area contributed by atoms with Gasteiger partial charge in [-0.25, -0.2) is 4.39 Å². The molecule has 0 aliphatic heterocycles. The average molecular weight is 305 g/mol. The summed E-state index contributed by atoms with van der Waals surface area (Å²) in [6.07, 6.45) is 2.98. The zero-order valence-corrected chi connectivity index (χ0v) is 10.4. The second-order valence-corrected chi connectivity index (χ2v) is 4.53. The highest BCUT2D eigenvalue weighted by atomic mass is 79.9. The Morgan fingerprint density at radius 3 is 2.75 bits per heavy atom. The molecule has 0 bridgehead atoms. The maximum absolute atomic E-state index is 13.8. The molecule has 0 amide bonds. The minimum atomic E-state index is -0.579. The molecule has 1 aromatic carbocycles. The summed E-state index contributed by atoms with van der Waals surface area (Å²) in [6, 6.07) is 4.38. The fourth-order valence-electron chi connectivity index (χ4n) is 1.41. The van der Waals surface area contributed by atoms with Gasteiger partial charge in [0.15, 0.2) is 0 Å². The first-order valence-electron chi connectivity index (χ1n) is 4.52. The summed E-state index contributed by atoms with van der Waals surface area (Å²) in [5.74, 6) is -0.509. The molecule has 0 fully saturated rings. The van der Waals surface area contributed by atoms with Crippen LogP contribution in [-0.2, 0) is 0 Å². The molecule has 2 nitrogen and oxygen atoms in total. The highest BCUT2D eigenvalue weighted by Crippen LogP contribution is 2.31. The average Bonchev–Trinajstić information content (AvgIpc) is 2.79. The summed E-state index contributed by atoms with van der Waals surface area (Å²) in [4.78, 5) is 0. The second-order valence-electron chi connectivity index (χ2n) is 3.30. The lowest BCUT2D eigenvalue weighted by atomic mass is 10.0. The Bertz CT molecular complexity index is 501. The van der Waals surface area contributed by atoms with Crippen molar-refractivity contribution in [3.8, 4) is 0 Å². The van der Waals surface area contributed by atoms with Gasteiger partial charge in [0, 0.05) is 15.6 Å². The third-order valence-corrected chi connectivity index (χ3v) is 3.56. The lowest BCUT2D eigenvalue weighted by Crippen LogP contribution is -2.13. The van der Waals surface area contributed by atoms with Gasteiger partial charge in [0.25, 0.3) is 0 Å². The summed E-state index contributed by atoms with van der Waals surface area (Å²) in [6.45, 7) is 0. The van der Waals surface area contributed by atoms with Gasteiger partial charge in [0.1, 0.15) is 5.82 Å². The Morgan fingerprint density at radius 2 is 2.12 bits per heavy atom. The van der Waals surface area contributed by atoms with Crippen molar-refractivity contribution in [1.82, 2.24) is 0 Å². The highest BCUT2D eigenvalue weighted by Gasteiger charge is 2.18. The minimum Gasteiger partial charge on any atom is -0.472 e. The molecule has 2 rings (SSSR count). The molecule has 0 spiro atoms. The fourth-order valence-corrected chi connectivity index (χ4v) is 1.89. The Labute approximate surface area is 105 Å². The molecular formula is C11H8BrClFNO. The van der Waals surface area contributed by atoms with Gasteiger partial charge in [-0.1, -0.05) is 17.7 Å². The monoisotopic (exact) mass is 303 g/mol. The zero-order chi connectivity index (χ0) is 11.7. The molecule has 1 heterocycles. The van der Waals surface area contributed by atoms with Crippen LogP contribution >= 0.6 is 27.5 Å². The van der Waals surface area contributed by atoms with Gasteiger partial charge in [0.05, 0.1) is 23.6 Å². The van der Waals surface area contributed by atoms with Crippen molar-refractivity contribution >= 4 is 27.5 Å². The van der Waals surface area contributed by atoms with Crippen LogP contribution < -0.4 is 5.73 Å². The van der Waals surface area contributed by atoms with Crippen molar-refractivity contribution in [3.05, 3.63) is 57.2 Å². The lowest BCUT2D eigenvalue weighted by molar-refractivity contribution is 0.559. The van der Waals surface area contributed by atoms with Gasteiger partial charge in [-0.2, -0.15) is 0 Å². The summed E-state index contributed by atoms with van der Waals surface area (Å²) in [7, 11) is 0. The van der Waals surface area contributed by atoms with E-state index in [9.17, 15) is 4.39 Å². The Morgan fingerprint density at radius 1 is 1.38 bits per heavy atom. The maximum Gasteiger partial charge on any atom is 0.148 e.